The lowest BCUT2D eigenvalue weighted by atomic mass is 9.68. The molecule has 7 heteroatoms. The fourth-order valence-electron chi connectivity index (χ4n) is 9.89. The van der Waals surface area contributed by atoms with Crippen molar-refractivity contribution in [1.82, 2.24) is 15.1 Å². The maximum absolute atomic E-state index is 15.2. The van der Waals surface area contributed by atoms with E-state index in [0.29, 0.717) is 58.1 Å². The summed E-state index contributed by atoms with van der Waals surface area (Å²) in [5, 5.41) is 3.96. The molecule has 2 fully saturated rings. The summed E-state index contributed by atoms with van der Waals surface area (Å²) < 4.78 is 35.5. The van der Waals surface area contributed by atoms with Gasteiger partial charge in [-0.3, -0.25) is 4.90 Å². The second-order valence-electron chi connectivity index (χ2n) is 15.4. The topological polar surface area (TPSA) is 27.7 Å². The van der Waals surface area contributed by atoms with Crippen LogP contribution in [0.1, 0.15) is 97.8 Å². The Balaban J connectivity index is 1.08. The number of nitrogens with zero attached hydrogens (tertiary/aromatic N) is 2. The van der Waals surface area contributed by atoms with Gasteiger partial charge >= 0.3 is 0 Å². The molecule has 0 spiro atoms. The summed E-state index contributed by atoms with van der Waals surface area (Å²) in [7, 11) is 1.84. The maximum atomic E-state index is 15.2. The van der Waals surface area contributed by atoms with E-state index in [1.807, 2.05) is 13.2 Å². The first-order valence-electron chi connectivity index (χ1n) is 18.6. The van der Waals surface area contributed by atoms with Crippen molar-refractivity contribution in [2.45, 2.75) is 132 Å². The smallest absolute Gasteiger partial charge is 0.128 e. The molecule has 0 aromatic rings. The van der Waals surface area contributed by atoms with Crippen molar-refractivity contribution in [3.63, 3.8) is 0 Å². The highest BCUT2D eigenvalue weighted by Gasteiger charge is 2.44. The molecule has 254 valence electrons. The van der Waals surface area contributed by atoms with Crippen LogP contribution >= 0.6 is 22.6 Å². The standard InChI is InChI=1S/C38H60F2IN3O/c1-5-7-26-18-33(30-11-10-28(39)20-35(30)40)32(25-8-9-25)19-27(26)22-43-15-12-29(13-16-43)44-17-14-37-31(24(44)3)21-34(36(41)6-2)38(42-37)23-45-4/h11,18,24-29,32,34-36,38,42H,5-10,12-17,19-23H2,1-4H3/t24-,26+,27+,28+,32-,34-,35+,36?,38?/m1/s1. The number of rotatable bonds is 11. The molecule has 3 aliphatic carbocycles. The van der Waals surface area contributed by atoms with E-state index in [2.05, 4.69) is 64.6 Å². The molecule has 0 radical (unpaired) electrons. The molecular formula is C38H60F2IN3O. The van der Waals surface area contributed by atoms with Crippen molar-refractivity contribution < 1.29 is 13.5 Å². The van der Waals surface area contributed by atoms with Gasteiger partial charge in [0.1, 0.15) is 12.3 Å². The number of allylic oxidation sites excluding steroid dienone is 4. The maximum Gasteiger partial charge on any atom is 0.128 e. The summed E-state index contributed by atoms with van der Waals surface area (Å²) in [4.78, 5) is 5.62. The van der Waals surface area contributed by atoms with Gasteiger partial charge in [0.05, 0.1) is 12.6 Å². The van der Waals surface area contributed by atoms with E-state index in [9.17, 15) is 4.39 Å². The van der Waals surface area contributed by atoms with Crippen molar-refractivity contribution in [1.29, 1.82) is 0 Å². The number of likely N-dealkylation sites (tertiary alicyclic amines) is 1. The zero-order chi connectivity index (χ0) is 31.7. The third kappa shape index (κ3) is 7.72. The number of nitrogens with one attached hydrogen (secondary N) is 1. The molecule has 1 saturated heterocycles. The lowest BCUT2D eigenvalue weighted by Gasteiger charge is -2.49. The van der Waals surface area contributed by atoms with Gasteiger partial charge < -0.3 is 15.0 Å². The first-order chi connectivity index (χ1) is 21.8. The molecule has 0 aromatic carbocycles. The van der Waals surface area contributed by atoms with E-state index >= 15 is 4.39 Å². The number of piperidine rings is 1. The lowest BCUT2D eigenvalue weighted by molar-refractivity contribution is 0.0619. The van der Waals surface area contributed by atoms with Gasteiger partial charge in [-0.15, -0.1) is 0 Å². The molecule has 9 atom stereocenters. The van der Waals surface area contributed by atoms with E-state index < -0.39 is 12.3 Å². The summed E-state index contributed by atoms with van der Waals surface area (Å²) in [6.45, 7) is 12.6. The minimum Gasteiger partial charge on any atom is -0.383 e. The van der Waals surface area contributed by atoms with Crippen LogP contribution in [0.4, 0.5) is 8.78 Å². The third-order valence-electron chi connectivity index (χ3n) is 12.6. The van der Waals surface area contributed by atoms with Gasteiger partial charge in [0, 0.05) is 48.3 Å². The molecule has 45 heavy (non-hydrogen) atoms. The van der Waals surface area contributed by atoms with Crippen LogP contribution in [0.5, 0.6) is 0 Å². The summed E-state index contributed by atoms with van der Waals surface area (Å²) in [5.74, 6) is 2.98. The van der Waals surface area contributed by atoms with Crippen LogP contribution in [-0.4, -0.2) is 84.1 Å². The zero-order valence-corrected chi connectivity index (χ0v) is 30.6. The Morgan fingerprint density at radius 1 is 1.07 bits per heavy atom. The Labute approximate surface area is 286 Å². The second kappa shape index (κ2) is 15.4. The number of alkyl halides is 3. The summed E-state index contributed by atoms with van der Waals surface area (Å²) in [5.41, 5.74) is 5.31. The summed E-state index contributed by atoms with van der Waals surface area (Å²) in [6, 6.07) is 1.62. The van der Waals surface area contributed by atoms with Crippen molar-refractivity contribution >= 4 is 22.6 Å². The van der Waals surface area contributed by atoms with Gasteiger partial charge in [0.25, 0.3) is 0 Å². The minimum absolute atomic E-state index is 0.0502. The molecule has 2 unspecified atom stereocenters. The minimum atomic E-state index is -1.13. The monoisotopic (exact) mass is 739 g/mol. The zero-order valence-electron chi connectivity index (χ0n) is 28.5. The average Bonchev–Trinajstić information content (AvgIpc) is 3.88. The fraction of sp³-hybridized carbons (Fsp3) is 0.842. The molecule has 0 amide bonds. The third-order valence-corrected chi connectivity index (χ3v) is 14.4. The average molecular weight is 740 g/mol. The number of ether oxygens (including phenoxy) is 1. The van der Waals surface area contributed by atoms with Gasteiger partial charge in [0.2, 0.25) is 0 Å². The van der Waals surface area contributed by atoms with Crippen molar-refractivity contribution in [3.05, 3.63) is 34.6 Å². The van der Waals surface area contributed by atoms with Gasteiger partial charge in [-0.05, 0) is 131 Å². The predicted octanol–water partition coefficient (Wildman–Crippen LogP) is 8.42. The molecule has 1 N–H and O–H groups in total. The molecular weight excluding hydrogens is 679 g/mol. The Morgan fingerprint density at radius 3 is 2.51 bits per heavy atom. The van der Waals surface area contributed by atoms with Crippen LogP contribution in [0, 0.1) is 29.6 Å². The number of hydrogen-bond acceptors (Lipinski definition) is 4. The lowest BCUT2D eigenvalue weighted by Crippen LogP contribution is -2.55. The van der Waals surface area contributed by atoms with E-state index in [4.69, 9.17) is 4.74 Å². The van der Waals surface area contributed by atoms with Crippen LogP contribution in [0.2, 0.25) is 0 Å². The van der Waals surface area contributed by atoms with E-state index in [0.717, 1.165) is 31.6 Å². The molecule has 4 nitrogen and oxygen atoms in total. The van der Waals surface area contributed by atoms with Crippen LogP contribution in [0.25, 0.3) is 0 Å². The Kier molecular flexibility index (Phi) is 11.7. The molecule has 1 saturated carbocycles. The molecule has 3 heterocycles. The van der Waals surface area contributed by atoms with E-state index in [1.54, 1.807) is 5.57 Å². The van der Waals surface area contributed by atoms with Crippen molar-refractivity contribution in [3.8, 4) is 0 Å². The number of hydrogen-bond donors (Lipinski definition) is 1. The first-order valence-corrected chi connectivity index (χ1v) is 19.8. The molecule has 3 aliphatic heterocycles. The van der Waals surface area contributed by atoms with Crippen LogP contribution < -0.4 is 5.32 Å². The molecule has 6 aliphatic rings. The molecule has 0 bridgehead atoms. The van der Waals surface area contributed by atoms with Gasteiger partial charge in [0.15, 0.2) is 0 Å². The largest absolute Gasteiger partial charge is 0.383 e. The highest BCUT2D eigenvalue weighted by molar-refractivity contribution is 14.1. The van der Waals surface area contributed by atoms with Crippen LogP contribution in [0.3, 0.4) is 0 Å². The Hall–Kier alpha value is -0.510. The summed E-state index contributed by atoms with van der Waals surface area (Å²) in [6.07, 6.45) is 14.9. The normalized spacial score (nSPS) is 37.9. The van der Waals surface area contributed by atoms with Gasteiger partial charge in [-0.25, -0.2) is 8.78 Å². The highest BCUT2D eigenvalue weighted by atomic mass is 127. The molecule has 6 rings (SSSR count). The Bertz CT molecular complexity index is 1100. The van der Waals surface area contributed by atoms with Gasteiger partial charge in [-0.2, -0.15) is 0 Å². The predicted molar refractivity (Wildman–Crippen MR) is 190 cm³/mol. The number of methoxy groups -OCH3 is 1. The SMILES string of the molecule is CCC[C@H]1C=C(C2=CC[C@H](F)C[C@@H]2F)[C@@H](C2CC2)C[C@H]1CN1CCC(N2CCC3=C(C[C@H](C(I)CC)C(COC)N3)[C@H]2C)CC1. The van der Waals surface area contributed by atoms with Crippen LogP contribution in [-0.2, 0) is 4.74 Å². The van der Waals surface area contributed by atoms with E-state index in [1.165, 1.54) is 82.3 Å². The van der Waals surface area contributed by atoms with Crippen molar-refractivity contribution in [2.24, 2.45) is 29.6 Å². The summed E-state index contributed by atoms with van der Waals surface area (Å²) >= 11 is 2.68. The highest BCUT2D eigenvalue weighted by Crippen LogP contribution is 2.51. The second-order valence-corrected chi connectivity index (χ2v) is 17.0. The van der Waals surface area contributed by atoms with Crippen LogP contribution in [0.15, 0.2) is 34.6 Å². The first kappa shape index (κ1) is 34.4. The van der Waals surface area contributed by atoms with E-state index in [-0.39, 0.29) is 6.42 Å². The Morgan fingerprint density at radius 2 is 1.84 bits per heavy atom. The fourth-order valence-corrected chi connectivity index (χ4v) is 10.6. The molecule has 0 aromatic heterocycles. The van der Waals surface area contributed by atoms with Gasteiger partial charge in [-0.1, -0.05) is 55.0 Å². The quantitative estimate of drug-likeness (QED) is 0.170. The van der Waals surface area contributed by atoms with Crippen molar-refractivity contribution in [2.75, 3.05) is 39.9 Å². The number of halogens is 3.